The Bertz CT molecular complexity index is 807. The van der Waals surface area contributed by atoms with Gasteiger partial charge < -0.3 is 10.2 Å². The zero-order valence-electron chi connectivity index (χ0n) is 14.3. The summed E-state index contributed by atoms with van der Waals surface area (Å²) in [6.07, 6.45) is 1.40. The number of oxime groups is 1. The number of halogens is 1. The monoisotopic (exact) mass is 373 g/mol. The van der Waals surface area contributed by atoms with Gasteiger partial charge in [0, 0.05) is 43.9 Å². The van der Waals surface area contributed by atoms with Crippen LogP contribution in [-0.2, 0) is 22.7 Å². The van der Waals surface area contributed by atoms with Gasteiger partial charge >= 0.3 is 0 Å². The van der Waals surface area contributed by atoms with Crippen molar-refractivity contribution in [3.05, 3.63) is 58.0 Å². The number of amides is 1. The van der Waals surface area contributed by atoms with Crippen LogP contribution in [0.2, 0.25) is 0 Å². The highest BCUT2D eigenvalue weighted by Gasteiger charge is 2.46. The van der Waals surface area contributed by atoms with Crippen molar-refractivity contribution in [2.45, 2.75) is 31.5 Å². The number of hydrogen-bond donors (Lipinski definition) is 1. The number of thiophene rings is 1. The fourth-order valence-electron chi connectivity index (χ4n) is 3.43. The van der Waals surface area contributed by atoms with E-state index in [1.807, 2.05) is 0 Å². The van der Waals surface area contributed by atoms with Gasteiger partial charge in [0.1, 0.15) is 11.5 Å². The van der Waals surface area contributed by atoms with E-state index >= 15 is 0 Å². The van der Waals surface area contributed by atoms with Crippen molar-refractivity contribution < 1.29 is 14.0 Å². The van der Waals surface area contributed by atoms with Crippen LogP contribution in [0.5, 0.6) is 0 Å². The standard InChI is InChI=1S/C19H20FN3O2S/c20-15-5-3-14(4-6-15)11-21-18(24)17-10-19(25-22-17)7-8-23(13-19)12-16-2-1-9-26-16/h1-6,9H,7-8,10-13H2,(H,21,24)/t19-/m1/s1. The molecule has 0 unspecified atom stereocenters. The Balaban J connectivity index is 1.29. The molecule has 136 valence electrons. The molecule has 26 heavy (non-hydrogen) atoms. The first-order chi connectivity index (χ1) is 12.6. The molecule has 1 saturated heterocycles. The van der Waals surface area contributed by atoms with Gasteiger partial charge in [0.25, 0.3) is 5.91 Å². The third-order valence-electron chi connectivity index (χ3n) is 4.82. The summed E-state index contributed by atoms with van der Waals surface area (Å²) in [5.74, 6) is -0.508. The minimum Gasteiger partial charge on any atom is -0.387 e. The van der Waals surface area contributed by atoms with Crippen LogP contribution in [0, 0.1) is 5.82 Å². The van der Waals surface area contributed by atoms with Crippen LogP contribution < -0.4 is 5.32 Å². The fraction of sp³-hybridized carbons (Fsp3) is 0.368. The van der Waals surface area contributed by atoms with E-state index in [4.69, 9.17) is 4.84 Å². The van der Waals surface area contributed by atoms with Gasteiger partial charge in [-0.15, -0.1) is 11.3 Å². The lowest BCUT2D eigenvalue weighted by Crippen LogP contribution is -2.36. The van der Waals surface area contributed by atoms with Crippen LogP contribution >= 0.6 is 11.3 Å². The molecule has 3 heterocycles. The SMILES string of the molecule is O=C(NCc1ccc(F)cc1)C1=NO[C@]2(CCN(Cc3cccs3)C2)C1. The average molecular weight is 373 g/mol. The number of carbonyl (C=O) groups excluding carboxylic acids is 1. The molecule has 0 aliphatic carbocycles. The summed E-state index contributed by atoms with van der Waals surface area (Å²) in [5, 5.41) is 8.96. The van der Waals surface area contributed by atoms with Crippen LogP contribution in [0.15, 0.2) is 46.9 Å². The van der Waals surface area contributed by atoms with Crippen molar-refractivity contribution in [3.63, 3.8) is 0 Å². The summed E-state index contributed by atoms with van der Waals surface area (Å²) in [7, 11) is 0. The molecule has 1 fully saturated rings. The predicted molar refractivity (Wildman–Crippen MR) is 98.3 cm³/mol. The number of rotatable bonds is 5. The molecule has 7 heteroatoms. The molecule has 1 amide bonds. The van der Waals surface area contributed by atoms with Crippen molar-refractivity contribution in [2.24, 2.45) is 5.16 Å². The number of nitrogens with one attached hydrogen (secondary N) is 1. The second-order valence-electron chi connectivity index (χ2n) is 6.84. The lowest BCUT2D eigenvalue weighted by Gasteiger charge is -2.21. The van der Waals surface area contributed by atoms with Gasteiger partial charge in [-0.1, -0.05) is 23.4 Å². The smallest absolute Gasteiger partial charge is 0.269 e. The highest BCUT2D eigenvalue weighted by atomic mass is 32.1. The average Bonchev–Trinajstić information content (AvgIpc) is 3.38. The van der Waals surface area contributed by atoms with Gasteiger partial charge in [-0.25, -0.2) is 4.39 Å². The second-order valence-corrected chi connectivity index (χ2v) is 7.87. The Morgan fingerprint density at radius 3 is 2.96 bits per heavy atom. The quantitative estimate of drug-likeness (QED) is 0.877. The Labute approximate surface area is 155 Å². The van der Waals surface area contributed by atoms with E-state index < -0.39 is 0 Å². The molecule has 0 radical (unpaired) electrons. The second kappa shape index (κ2) is 7.17. The van der Waals surface area contributed by atoms with E-state index in [-0.39, 0.29) is 17.3 Å². The molecule has 1 N–H and O–H groups in total. The molecule has 1 atom stereocenters. The summed E-state index contributed by atoms with van der Waals surface area (Å²) in [6, 6.07) is 10.3. The number of benzene rings is 1. The first kappa shape index (κ1) is 17.2. The zero-order valence-corrected chi connectivity index (χ0v) is 15.1. The maximum Gasteiger partial charge on any atom is 0.269 e. The Morgan fingerprint density at radius 1 is 1.35 bits per heavy atom. The van der Waals surface area contributed by atoms with E-state index in [0.29, 0.717) is 18.7 Å². The van der Waals surface area contributed by atoms with Crippen molar-refractivity contribution in [1.29, 1.82) is 0 Å². The molecule has 2 aromatic rings. The molecule has 2 aliphatic rings. The van der Waals surface area contributed by atoms with E-state index in [2.05, 4.69) is 32.9 Å². The van der Waals surface area contributed by atoms with Crippen LogP contribution in [0.25, 0.3) is 0 Å². The van der Waals surface area contributed by atoms with Gasteiger partial charge in [-0.05, 0) is 29.1 Å². The van der Waals surface area contributed by atoms with E-state index in [1.165, 1.54) is 17.0 Å². The molecule has 2 aliphatic heterocycles. The van der Waals surface area contributed by atoms with Crippen LogP contribution in [0.4, 0.5) is 4.39 Å². The summed E-state index contributed by atoms with van der Waals surface area (Å²) in [4.78, 5) is 21.7. The lowest BCUT2D eigenvalue weighted by atomic mass is 9.96. The summed E-state index contributed by atoms with van der Waals surface area (Å²) < 4.78 is 12.9. The predicted octanol–water partition coefficient (Wildman–Crippen LogP) is 2.92. The van der Waals surface area contributed by atoms with Gasteiger partial charge in [0.2, 0.25) is 0 Å². The molecule has 5 nitrogen and oxygen atoms in total. The highest BCUT2D eigenvalue weighted by molar-refractivity contribution is 7.09. The maximum absolute atomic E-state index is 12.9. The van der Waals surface area contributed by atoms with Gasteiger partial charge in [0.15, 0.2) is 5.60 Å². The summed E-state index contributed by atoms with van der Waals surface area (Å²) >= 11 is 1.75. The molecule has 1 spiro atoms. The summed E-state index contributed by atoms with van der Waals surface area (Å²) in [5.41, 5.74) is 0.904. The van der Waals surface area contributed by atoms with Crippen LogP contribution in [0.3, 0.4) is 0 Å². The molecule has 0 bridgehead atoms. The van der Waals surface area contributed by atoms with Gasteiger partial charge in [-0.3, -0.25) is 9.69 Å². The zero-order chi connectivity index (χ0) is 18.0. The summed E-state index contributed by atoms with van der Waals surface area (Å²) in [6.45, 7) is 2.98. The normalized spacial score (nSPS) is 22.4. The number of hydrogen-bond acceptors (Lipinski definition) is 5. The Morgan fingerprint density at radius 2 is 2.19 bits per heavy atom. The Kier molecular flexibility index (Phi) is 4.74. The first-order valence-corrected chi connectivity index (χ1v) is 9.52. The van der Waals surface area contributed by atoms with Crippen molar-refractivity contribution in [3.8, 4) is 0 Å². The molecule has 1 aromatic heterocycles. The minimum absolute atomic E-state index is 0.220. The van der Waals surface area contributed by atoms with E-state index in [9.17, 15) is 9.18 Å². The number of likely N-dealkylation sites (tertiary alicyclic amines) is 1. The van der Waals surface area contributed by atoms with E-state index in [1.54, 1.807) is 23.5 Å². The third-order valence-corrected chi connectivity index (χ3v) is 5.68. The van der Waals surface area contributed by atoms with Crippen molar-refractivity contribution in [1.82, 2.24) is 10.2 Å². The third kappa shape index (κ3) is 3.78. The largest absolute Gasteiger partial charge is 0.387 e. The molecule has 4 rings (SSSR count). The van der Waals surface area contributed by atoms with Gasteiger partial charge in [0.05, 0.1) is 0 Å². The minimum atomic E-state index is -0.375. The molecule has 1 aromatic carbocycles. The van der Waals surface area contributed by atoms with Crippen molar-refractivity contribution in [2.75, 3.05) is 13.1 Å². The van der Waals surface area contributed by atoms with Gasteiger partial charge in [-0.2, -0.15) is 0 Å². The topological polar surface area (TPSA) is 53.9 Å². The first-order valence-electron chi connectivity index (χ1n) is 8.64. The van der Waals surface area contributed by atoms with Crippen LogP contribution in [0.1, 0.15) is 23.3 Å². The number of carbonyl (C=O) groups is 1. The Hall–Kier alpha value is -2.25. The lowest BCUT2D eigenvalue weighted by molar-refractivity contribution is -0.115. The maximum atomic E-state index is 12.9. The molecular weight excluding hydrogens is 353 g/mol. The highest BCUT2D eigenvalue weighted by Crippen LogP contribution is 2.34. The molecular formula is C19H20FN3O2S. The molecule has 0 saturated carbocycles. The fourth-order valence-corrected chi connectivity index (χ4v) is 4.18. The van der Waals surface area contributed by atoms with Crippen LogP contribution in [-0.4, -0.2) is 35.2 Å². The van der Waals surface area contributed by atoms with E-state index in [0.717, 1.165) is 31.6 Å². The van der Waals surface area contributed by atoms with Crippen molar-refractivity contribution >= 4 is 23.0 Å². The number of nitrogens with zero attached hydrogens (tertiary/aromatic N) is 2.